The van der Waals surface area contributed by atoms with E-state index in [1.807, 2.05) is 0 Å². The molecule has 5 heteroatoms. The Morgan fingerprint density at radius 2 is 1.82 bits per heavy atom. The van der Waals surface area contributed by atoms with Crippen molar-refractivity contribution in [2.75, 3.05) is 20.8 Å². The second-order valence-corrected chi connectivity index (χ2v) is 3.75. The van der Waals surface area contributed by atoms with E-state index in [1.165, 1.54) is 19.2 Å². The first-order valence-electron chi connectivity index (χ1n) is 5.30. The van der Waals surface area contributed by atoms with Crippen LogP contribution in [0.2, 0.25) is 0 Å². The van der Waals surface area contributed by atoms with Gasteiger partial charge in [-0.25, -0.2) is 0 Å². The van der Waals surface area contributed by atoms with Crippen molar-refractivity contribution in [3.05, 3.63) is 35.4 Å². The molecule has 0 aliphatic carbocycles. The minimum Gasteiger partial charge on any atom is -0.384 e. The lowest BCUT2D eigenvalue weighted by molar-refractivity contribution is -0.156. The molecule has 0 amide bonds. The summed E-state index contributed by atoms with van der Waals surface area (Å²) >= 11 is 0. The zero-order chi connectivity index (χ0) is 12.9. The third kappa shape index (κ3) is 4.02. The Hall–Kier alpha value is -1.07. The van der Waals surface area contributed by atoms with Gasteiger partial charge in [-0.1, -0.05) is 24.3 Å². The monoisotopic (exact) mass is 247 g/mol. The van der Waals surface area contributed by atoms with E-state index in [0.29, 0.717) is 13.0 Å². The van der Waals surface area contributed by atoms with E-state index in [0.717, 1.165) is 5.56 Å². The average Bonchev–Trinajstić information content (AvgIpc) is 2.27. The second kappa shape index (κ2) is 6.02. The number of alkyl halides is 3. The van der Waals surface area contributed by atoms with Crippen molar-refractivity contribution in [3.8, 4) is 0 Å². The highest BCUT2D eigenvalue weighted by molar-refractivity contribution is 5.26. The Morgan fingerprint density at radius 1 is 1.24 bits per heavy atom. The molecular formula is C12H16F3NO. The molecule has 0 radical (unpaired) electrons. The maximum absolute atomic E-state index is 12.6. The molecule has 0 aliphatic rings. The Kier molecular flexibility index (Phi) is 4.96. The summed E-state index contributed by atoms with van der Waals surface area (Å²) in [4.78, 5) is 0. The zero-order valence-corrected chi connectivity index (χ0v) is 9.84. The van der Waals surface area contributed by atoms with E-state index < -0.39 is 12.2 Å². The van der Waals surface area contributed by atoms with Crippen molar-refractivity contribution in [1.82, 2.24) is 5.32 Å². The normalized spacial score (nSPS) is 13.7. The fourth-order valence-electron chi connectivity index (χ4n) is 1.62. The molecular weight excluding hydrogens is 231 g/mol. The van der Waals surface area contributed by atoms with Crippen LogP contribution >= 0.6 is 0 Å². The lowest BCUT2D eigenvalue weighted by atomic mass is 10.0. The number of hydrogen-bond donors (Lipinski definition) is 1. The summed E-state index contributed by atoms with van der Waals surface area (Å²) in [5.41, 5.74) is 1.19. The smallest absolute Gasteiger partial charge is 0.384 e. The molecule has 0 aliphatic heterocycles. The van der Waals surface area contributed by atoms with Gasteiger partial charge in [0.05, 0.1) is 6.61 Å². The van der Waals surface area contributed by atoms with Crippen LogP contribution in [-0.4, -0.2) is 26.9 Å². The Bertz CT molecular complexity index is 335. The quantitative estimate of drug-likeness (QED) is 0.863. The van der Waals surface area contributed by atoms with Gasteiger partial charge in [0.1, 0.15) is 6.04 Å². The second-order valence-electron chi connectivity index (χ2n) is 3.75. The van der Waals surface area contributed by atoms with E-state index in [1.54, 1.807) is 19.2 Å². The van der Waals surface area contributed by atoms with Crippen molar-refractivity contribution < 1.29 is 17.9 Å². The Morgan fingerprint density at radius 3 is 2.24 bits per heavy atom. The van der Waals surface area contributed by atoms with Gasteiger partial charge in [0, 0.05) is 7.11 Å². The number of benzene rings is 1. The molecule has 1 aromatic rings. The molecule has 2 nitrogen and oxygen atoms in total. The van der Waals surface area contributed by atoms with Crippen molar-refractivity contribution in [1.29, 1.82) is 0 Å². The van der Waals surface area contributed by atoms with E-state index in [4.69, 9.17) is 4.74 Å². The molecule has 0 saturated heterocycles. The molecule has 1 aromatic carbocycles. The summed E-state index contributed by atoms with van der Waals surface area (Å²) in [6, 6.07) is 4.78. The van der Waals surface area contributed by atoms with Crippen LogP contribution < -0.4 is 5.32 Å². The van der Waals surface area contributed by atoms with E-state index >= 15 is 0 Å². The van der Waals surface area contributed by atoms with Crippen molar-refractivity contribution in [3.63, 3.8) is 0 Å². The van der Waals surface area contributed by atoms with Crippen LogP contribution in [0.3, 0.4) is 0 Å². The lowest BCUT2D eigenvalue weighted by Crippen LogP contribution is -2.31. The molecule has 0 spiro atoms. The predicted octanol–water partition coefficient (Wildman–Crippen LogP) is 2.70. The first-order chi connectivity index (χ1) is 7.99. The predicted molar refractivity (Wildman–Crippen MR) is 59.9 cm³/mol. The van der Waals surface area contributed by atoms with Gasteiger partial charge < -0.3 is 10.1 Å². The van der Waals surface area contributed by atoms with Crippen LogP contribution in [0, 0.1) is 0 Å². The molecule has 0 heterocycles. The summed E-state index contributed by atoms with van der Waals surface area (Å²) < 4.78 is 42.8. The van der Waals surface area contributed by atoms with Crippen LogP contribution in [0.1, 0.15) is 17.2 Å². The molecule has 1 N–H and O–H groups in total. The van der Waals surface area contributed by atoms with E-state index in [9.17, 15) is 13.2 Å². The summed E-state index contributed by atoms with van der Waals surface area (Å²) in [5.74, 6) is 0. The van der Waals surface area contributed by atoms with Crippen LogP contribution in [0.25, 0.3) is 0 Å². The molecule has 1 unspecified atom stereocenters. The summed E-state index contributed by atoms with van der Waals surface area (Å²) in [5, 5.41) is 2.27. The summed E-state index contributed by atoms with van der Waals surface area (Å²) in [7, 11) is 2.89. The first kappa shape index (κ1) is 14.0. The largest absolute Gasteiger partial charge is 0.407 e. The third-order valence-corrected chi connectivity index (χ3v) is 2.52. The van der Waals surface area contributed by atoms with Gasteiger partial charge in [-0.15, -0.1) is 0 Å². The van der Waals surface area contributed by atoms with Gasteiger partial charge in [0.2, 0.25) is 0 Å². The number of ether oxygens (including phenoxy) is 1. The number of halogens is 3. The minimum absolute atomic E-state index is 0.223. The maximum Gasteiger partial charge on any atom is 0.407 e. The van der Waals surface area contributed by atoms with Gasteiger partial charge in [0.25, 0.3) is 0 Å². The lowest BCUT2D eigenvalue weighted by Gasteiger charge is -2.20. The Balaban J connectivity index is 2.78. The molecule has 1 rings (SSSR count). The molecule has 1 atom stereocenters. The first-order valence-corrected chi connectivity index (χ1v) is 5.30. The van der Waals surface area contributed by atoms with Gasteiger partial charge in [-0.05, 0) is 24.6 Å². The average molecular weight is 247 g/mol. The standard InChI is InChI=1S/C12H16F3NO/c1-16-11(12(13,14)15)10-5-3-9(4-6-10)7-8-17-2/h3-6,11,16H,7-8H2,1-2H3. The van der Waals surface area contributed by atoms with Crippen molar-refractivity contribution in [2.24, 2.45) is 0 Å². The van der Waals surface area contributed by atoms with Gasteiger partial charge in [-0.2, -0.15) is 13.2 Å². The molecule has 0 bridgehead atoms. The topological polar surface area (TPSA) is 21.3 Å². The minimum atomic E-state index is -4.28. The highest BCUT2D eigenvalue weighted by Crippen LogP contribution is 2.32. The number of methoxy groups -OCH3 is 1. The molecule has 0 fully saturated rings. The summed E-state index contributed by atoms with van der Waals surface area (Å²) in [6.45, 7) is 0.564. The van der Waals surface area contributed by atoms with Crippen molar-refractivity contribution >= 4 is 0 Å². The number of nitrogens with one attached hydrogen (secondary N) is 1. The van der Waals surface area contributed by atoms with Gasteiger partial charge in [0.15, 0.2) is 0 Å². The van der Waals surface area contributed by atoms with E-state index in [2.05, 4.69) is 5.32 Å². The van der Waals surface area contributed by atoms with Crippen LogP contribution in [0.15, 0.2) is 24.3 Å². The van der Waals surface area contributed by atoms with Crippen LogP contribution in [0.5, 0.6) is 0 Å². The number of rotatable bonds is 5. The van der Waals surface area contributed by atoms with Gasteiger partial charge >= 0.3 is 6.18 Å². The number of hydrogen-bond acceptors (Lipinski definition) is 2. The van der Waals surface area contributed by atoms with Gasteiger partial charge in [-0.3, -0.25) is 0 Å². The third-order valence-electron chi connectivity index (χ3n) is 2.52. The SMILES string of the molecule is CNC(c1ccc(CCOC)cc1)C(F)(F)F. The molecule has 17 heavy (non-hydrogen) atoms. The molecule has 96 valence electrons. The fourth-order valence-corrected chi connectivity index (χ4v) is 1.62. The highest BCUT2D eigenvalue weighted by atomic mass is 19.4. The van der Waals surface area contributed by atoms with Crippen LogP contribution in [-0.2, 0) is 11.2 Å². The maximum atomic E-state index is 12.6. The van der Waals surface area contributed by atoms with E-state index in [-0.39, 0.29) is 5.56 Å². The molecule has 0 saturated carbocycles. The zero-order valence-electron chi connectivity index (χ0n) is 9.84. The van der Waals surface area contributed by atoms with Crippen molar-refractivity contribution in [2.45, 2.75) is 18.6 Å². The fraction of sp³-hybridized carbons (Fsp3) is 0.500. The highest BCUT2D eigenvalue weighted by Gasteiger charge is 2.39. The molecule has 0 aromatic heterocycles. The van der Waals surface area contributed by atoms with Crippen LogP contribution in [0.4, 0.5) is 13.2 Å². The Labute approximate surface area is 98.8 Å². The summed E-state index contributed by atoms with van der Waals surface area (Å²) in [6.07, 6.45) is -3.57.